The van der Waals surface area contributed by atoms with Gasteiger partial charge in [-0.1, -0.05) is 6.07 Å². The molecule has 4 heteroatoms. The summed E-state index contributed by atoms with van der Waals surface area (Å²) >= 11 is 1.68. The Labute approximate surface area is 103 Å². The molecule has 0 saturated carbocycles. The van der Waals surface area contributed by atoms with E-state index in [1.165, 1.54) is 4.70 Å². The van der Waals surface area contributed by atoms with Crippen LogP contribution >= 0.6 is 11.3 Å². The Kier molecular flexibility index (Phi) is 2.59. The molecule has 17 heavy (non-hydrogen) atoms. The Bertz CT molecular complexity index is 646. The molecule has 84 valence electrons. The Morgan fingerprint density at radius 1 is 1.24 bits per heavy atom. The van der Waals surface area contributed by atoms with Crippen LogP contribution in [-0.4, -0.2) is 9.97 Å². The van der Waals surface area contributed by atoms with Gasteiger partial charge in [-0.3, -0.25) is 4.98 Å². The fourth-order valence-electron chi connectivity index (χ4n) is 1.71. The number of hydrogen-bond acceptors (Lipinski definition) is 4. The topological polar surface area (TPSA) is 51.8 Å². The molecule has 0 aliphatic carbocycles. The molecule has 3 nitrogen and oxygen atoms in total. The number of nitrogens with zero attached hydrogens (tertiary/aromatic N) is 2. The second-order valence-corrected chi connectivity index (χ2v) is 4.80. The predicted octanol–water partition coefficient (Wildman–Crippen LogP) is 2.82. The molecular formula is C13H11N3S. The zero-order chi connectivity index (χ0) is 11.7. The predicted molar refractivity (Wildman–Crippen MR) is 70.7 cm³/mol. The number of hydrogen-bond donors (Lipinski definition) is 1. The average Bonchev–Trinajstić information content (AvgIpc) is 2.82. The third kappa shape index (κ3) is 1.92. The molecule has 0 atom stereocenters. The molecular weight excluding hydrogens is 230 g/mol. The largest absolute Gasteiger partial charge is 0.326 e. The van der Waals surface area contributed by atoms with Crippen molar-refractivity contribution in [3.8, 4) is 10.6 Å². The van der Waals surface area contributed by atoms with Gasteiger partial charge in [0.15, 0.2) is 0 Å². The standard InChI is InChI=1S/C13H11N3S/c14-7-9-3-4-12-11(6-9)16-13(17-12)10-2-1-5-15-8-10/h1-6,8H,7,14H2. The van der Waals surface area contributed by atoms with E-state index in [1.807, 2.05) is 30.5 Å². The van der Waals surface area contributed by atoms with E-state index >= 15 is 0 Å². The summed E-state index contributed by atoms with van der Waals surface area (Å²) in [6.07, 6.45) is 3.60. The number of pyridine rings is 1. The monoisotopic (exact) mass is 241 g/mol. The normalized spacial score (nSPS) is 10.9. The number of benzene rings is 1. The van der Waals surface area contributed by atoms with E-state index in [-0.39, 0.29) is 0 Å². The summed E-state index contributed by atoms with van der Waals surface area (Å²) in [5.74, 6) is 0. The van der Waals surface area contributed by atoms with Crippen LogP contribution in [0.5, 0.6) is 0 Å². The smallest absolute Gasteiger partial charge is 0.126 e. The van der Waals surface area contributed by atoms with Gasteiger partial charge in [-0.25, -0.2) is 4.98 Å². The lowest BCUT2D eigenvalue weighted by atomic mass is 10.2. The lowest BCUT2D eigenvalue weighted by Gasteiger charge is -1.93. The highest BCUT2D eigenvalue weighted by atomic mass is 32.1. The lowest BCUT2D eigenvalue weighted by Crippen LogP contribution is -1.94. The van der Waals surface area contributed by atoms with Crippen LogP contribution in [0.15, 0.2) is 42.7 Å². The number of aromatic nitrogens is 2. The van der Waals surface area contributed by atoms with Crippen LogP contribution in [0.3, 0.4) is 0 Å². The summed E-state index contributed by atoms with van der Waals surface area (Å²) in [6.45, 7) is 0.551. The highest BCUT2D eigenvalue weighted by molar-refractivity contribution is 7.21. The molecule has 1 aromatic carbocycles. The van der Waals surface area contributed by atoms with E-state index < -0.39 is 0 Å². The summed E-state index contributed by atoms with van der Waals surface area (Å²) in [6, 6.07) is 10.1. The number of rotatable bonds is 2. The van der Waals surface area contributed by atoms with Crippen molar-refractivity contribution in [2.45, 2.75) is 6.54 Å². The molecule has 0 saturated heterocycles. The van der Waals surface area contributed by atoms with Crippen LogP contribution in [0.4, 0.5) is 0 Å². The molecule has 0 radical (unpaired) electrons. The van der Waals surface area contributed by atoms with Crippen LogP contribution in [0.2, 0.25) is 0 Å². The molecule has 2 N–H and O–H groups in total. The first-order chi connectivity index (χ1) is 8.36. The summed E-state index contributed by atoms with van der Waals surface area (Å²) in [5.41, 5.74) is 8.81. The van der Waals surface area contributed by atoms with Gasteiger partial charge in [-0.2, -0.15) is 0 Å². The summed E-state index contributed by atoms with van der Waals surface area (Å²) in [5, 5.41) is 1.00. The van der Waals surface area contributed by atoms with Gasteiger partial charge in [0.05, 0.1) is 10.2 Å². The van der Waals surface area contributed by atoms with E-state index in [4.69, 9.17) is 5.73 Å². The minimum atomic E-state index is 0.551. The summed E-state index contributed by atoms with van der Waals surface area (Å²) < 4.78 is 1.18. The Morgan fingerprint density at radius 2 is 2.18 bits per heavy atom. The zero-order valence-corrected chi connectivity index (χ0v) is 9.95. The van der Waals surface area contributed by atoms with Crippen molar-refractivity contribution in [1.29, 1.82) is 0 Å². The molecule has 0 bridgehead atoms. The van der Waals surface area contributed by atoms with Crippen molar-refractivity contribution >= 4 is 21.6 Å². The van der Waals surface area contributed by atoms with E-state index in [0.29, 0.717) is 6.54 Å². The second-order valence-electron chi connectivity index (χ2n) is 3.77. The quantitative estimate of drug-likeness (QED) is 0.750. The molecule has 2 aromatic heterocycles. The summed E-state index contributed by atoms with van der Waals surface area (Å²) in [4.78, 5) is 8.73. The van der Waals surface area contributed by atoms with Gasteiger partial charge in [-0.15, -0.1) is 11.3 Å². The lowest BCUT2D eigenvalue weighted by molar-refractivity contribution is 1.07. The van der Waals surface area contributed by atoms with E-state index in [0.717, 1.165) is 21.7 Å². The van der Waals surface area contributed by atoms with E-state index in [2.05, 4.69) is 16.0 Å². The maximum absolute atomic E-state index is 5.62. The highest BCUT2D eigenvalue weighted by Gasteiger charge is 2.06. The zero-order valence-electron chi connectivity index (χ0n) is 9.13. The maximum Gasteiger partial charge on any atom is 0.126 e. The SMILES string of the molecule is NCc1ccc2sc(-c3cccnc3)nc2c1. The minimum absolute atomic E-state index is 0.551. The molecule has 0 fully saturated rings. The van der Waals surface area contributed by atoms with Gasteiger partial charge in [-0.05, 0) is 29.8 Å². The Balaban J connectivity index is 2.14. The Morgan fingerprint density at radius 3 is 2.94 bits per heavy atom. The van der Waals surface area contributed by atoms with Gasteiger partial charge in [0.1, 0.15) is 5.01 Å². The van der Waals surface area contributed by atoms with Crippen molar-refractivity contribution in [2.75, 3.05) is 0 Å². The molecule has 3 rings (SSSR count). The first-order valence-corrected chi connectivity index (χ1v) is 6.18. The van der Waals surface area contributed by atoms with Crippen molar-refractivity contribution in [1.82, 2.24) is 9.97 Å². The van der Waals surface area contributed by atoms with Crippen LogP contribution in [-0.2, 0) is 6.54 Å². The molecule has 0 aliphatic rings. The van der Waals surface area contributed by atoms with Crippen molar-refractivity contribution < 1.29 is 0 Å². The Hall–Kier alpha value is -1.78. The van der Waals surface area contributed by atoms with Gasteiger partial charge in [0, 0.05) is 24.5 Å². The first kappa shape index (κ1) is 10.4. The van der Waals surface area contributed by atoms with Crippen LogP contribution in [0.1, 0.15) is 5.56 Å². The second kappa shape index (κ2) is 4.24. The fourth-order valence-corrected chi connectivity index (χ4v) is 2.65. The molecule has 0 aliphatic heterocycles. The van der Waals surface area contributed by atoms with Crippen LogP contribution in [0.25, 0.3) is 20.8 Å². The molecule has 0 unspecified atom stereocenters. The van der Waals surface area contributed by atoms with E-state index in [1.54, 1.807) is 17.5 Å². The average molecular weight is 241 g/mol. The van der Waals surface area contributed by atoms with Gasteiger partial charge in [0.25, 0.3) is 0 Å². The highest BCUT2D eigenvalue weighted by Crippen LogP contribution is 2.29. The molecule has 0 amide bonds. The van der Waals surface area contributed by atoms with Gasteiger partial charge >= 0.3 is 0 Å². The van der Waals surface area contributed by atoms with E-state index in [9.17, 15) is 0 Å². The summed E-state index contributed by atoms with van der Waals surface area (Å²) in [7, 11) is 0. The minimum Gasteiger partial charge on any atom is -0.326 e. The molecule has 2 heterocycles. The van der Waals surface area contributed by atoms with Gasteiger partial charge in [0.2, 0.25) is 0 Å². The third-order valence-corrected chi connectivity index (χ3v) is 3.68. The maximum atomic E-state index is 5.62. The van der Waals surface area contributed by atoms with Crippen LogP contribution < -0.4 is 5.73 Å². The third-order valence-electron chi connectivity index (χ3n) is 2.60. The fraction of sp³-hybridized carbons (Fsp3) is 0.0769. The number of nitrogens with two attached hydrogens (primary N) is 1. The number of thiazole rings is 1. The van der Waals surface area contributed by atoms with Crippen molar-refractivity contribution in [3.05, 3.63) is 48.3 Å². The first-order valence-electron chi connectivity index (χ1n) is 5.37. The number of fused-ring (bicyclic) bond motifs is 1. The van der Waals surface area contributed by atoms with Crippen LogP contribution in [0, 0.1) is 0 Å². The van der Waals surface area contributed by atoms with Crippen molar-refractivity contribution in [2.24, 2.45) is 5.73 Å². The van der Waals surface area contributed by atoms with Gasteiger partial charge < -0.3 is 5.73 Å². The van der Waals surface area contributed by atoms with Crippen molar-refractivity contribution in [3.63, 3.8) is 0 Å². The molecule has 0 spiro atoms. The molecule has 3 aromatic rings.